The van der Waals surface area contributed by atoms with Gasteiger partial charge in [-0.3, -0.25) is 4.79 Å². The van der Waals surface area contributed by atoms with Crippen molar-refractivity contribution in [2.45, 2.75) is 46.0 Å². The Bertz CT molecular complexity index is 852. The van der Waals surface area contributed by atoms with Crippen LogP contribution in [-0.2, 0) is 9.53 Å². The van der Waals surface area contributed by atoms with Gasteiger partial charge in [0.25, 0.3) is 0 Å². The second-order valence-corrected chi connectivity index (χ2v) is 8.91. The first-order valence-corrected chi connectivity index (χ1v) is 10.7. The van der Waals surface area contributed by atoms with E-state index in [2.05, 4.69) is 40.9 Å². The number of carbonyl (C=O) groups excluding carboxylic acids is 1. The Morgan fingerprint density at radius 3 is 2.78 bits per heavy atom. The molecule has 1 saturated heterocycles. The van der Waals surface area contributed by atoms with Gasteiger partial charge in [0.05, 0.1) is 17.9 Å². The lowest BCUT2D eigenvalue weighted by Crippen LogP contribution is -2.37. The van der Waals surface area contributed by atoms with Gasteiger partial charge in [-0.2, -0.15) is 0 Å². The molecule has 144 valence electrons. The molecule has 0 aromatic carbocycles. The Morgan fingerprint density at radius 1 is 1.22 bits per heavy atom. The summed E-state index contributed by atoms with van der Waals surface area (Å²) in [6.45, 7) is 6.53. The normalized spacial score (nSPS) is 21.0. The van der Waals surface area contributed by atoms with E-state index in [0.29, 0.717) is 12.5 Å². The summed E-state index contributed by atoms with van der Waals surface area (Å²) in [5.74, 6) is 1.52. The first-order valence-electron chi connectivity index (χ1n) is 9.90. The fourth-order valence-corrected chi connectivity index (χ4v) is 5.05. The van der Waals surface area contributed by atoms with Gasteiger partial charge in [-0.05, 0) is 57.4 Å². The third-order valence-corrected chi connectivity index (χ3v) is 7.03. The molecule has 0 spiro atoms. The Hall–Kier alpha value is -1.95. The molecular weight excluding hydrogens is 358 g/mol. The van der Waals surface area contributed by atoms with Crippen LogP contribution in [0.2, 0.25) is 0 Å². The van der Waals surface area contributed by atoms with Gasteiger partial charge in [0, 0.05) is 18.0 Å². The van der Waals surface area contributed by atoms with Crippen LogP contribution in [0.3, 0.4) is 0 Å². The first-order chi connectivity index (χ1) is 13.1. The number of rotatable bonds is 4. The van der Waals surface area contributed by atoms with Crippen molar-refractivity contribution < 1.29 is 9.53 Å². The second-order valence-electron chi connectivity index (χ2n) is 7.70. The minimum atomic E-state index is -0.0143. The van der Waals surface area contributed by atoms with E-state index in [4.69, 9.17) is 4.74 Å². The number of piperidine rings is 1. The molecule has 4 rings (SSSR count). The number of allylic oxidation sites excluding steroid dienone is 2. The molecular formula is C21H27N3O2S. The van der Waals surface area contributed by atoms with Crippen molar-refractivity contribution in [2.24, 2.45) is 11.8 Å². The number of thiophene rings is 1. The van der Waals surface area contributed by atoms with Gasteiger partial charge in [-0.25, -0.2) is 9.97 Å². The summed E-state index contributed by atoms with van der Waals surface area (Å²) in [6.07, 6.45) is 11.0. The molecule has 0 N–H and O–H groups in total. The van der Waals surface area contributed by atoms with E-state index in [-0.39, 0.29) is 11.9 Å². The SMILES string of the molecule is Cc1sc2ncnc(N3CCC(C(=O)OCC4CC=CCC4)CC3)c2c1C. The zero-order valence-corrected chi connectivity index (χ0v) is 16.9. The maximum absolute atomic E-state index is 12.5. The Morgan fingerprint density at radius 2 is 2.04 bits per heavy atom. The highest BCUT2D eigenvalue weighted by Crippen LogP contribution is 2.35. The van der Waals surface area contributed by atoms with E-state index in [1.807, 2.05) is 0 Å². The van der Waals surface area contributed by atoms with Gasteiger partial charge in [-0.15, -0.1) is 11.3 Å². The van der Waals surface area contributed by atoms with Crippen molar-refractivity contribution in [3.63, 3.8) is 0 Å². The average Bonchev–Trinajstić information content (AvgIpc) is 3.01. The summed E-state index contributed by atoms with van der Waals surface area (Å²) in [5.41, 5.74) is 1.27. The van der Waals surface area contributed by atoms with E-state index >= 15 is 0 Å². The highest BCUT2D eigenvalue weighted by molar-refractivity contribution is 7.18. The van der Waals surface area contributed by atoms with Crippen molar-refractivity contribution >= 4 is 33.3 Å². The van der Waals surface area contributed by atoms with Gasteiger partial charge >= 0.3 is 5.97 Å². The molecule has 0 saturated carbocycles. The van der Waals surface area contributed by atoms with Gasteiger partial charge < -0.3 is 9.64 Å². The lowest BCUT2D eigenvalue weighted by molar-refractivity contribution is -0.150. The molecule has 0 bridgehead atoms. The number of aromatic nitrogens is 2. The molecule has 2 aromatic rings. The van der Waals surface area contributed by atoms with Gasteiger partial charge in [0.15, 0.2) is 0 Å². The molecule has 2 aliphatic rings. The zero-order valence-electron chi connectivity index (χ0n) is 16.1. The lowest BCUT2D eigenvalue weighted by Gasteiger charge is -2.32. The monoisotopic (exact) mass is 385 g/mol. The predicted molar refractivity (Wildman–Crippen MR) is 109 cm³/mol. The summed E-state index contributed by atoms with van der Waals surface area (Å²) in [4.78, 5) is 26.1. The number of nitrogens with zero attached hydrogens (tertiary/aromatic N) is 3. The smallest absolute Gasteiger partial charge is 0.309 e. The zero-order chi connectivity index (χ0) is 18.8. The fraction of sp³-hybridized carbons (Fsp3) is 0.571. The summed E-state index contributed by atoms with van der Waals surface area (Å²) < 4.78 is 5.64. The topological polar surface area (TPSA) is 55.3 Å². The summed E-state index contributed by atoms with van der Waals surface area (Å²) in [7, 11) is 0. The largest absolute Gasteiger partial charge is 0.465 e. The van der Waals surface area contributed by atoms with Crippen LogP contribution in [0.15, 0.2) is 18.5 Å². The molecule has 1 unspecified atom stereocenters. The number of esters is 1. The highest BCUT2D eigenvalue weighted by Gasteiger charge is 2.28. The van der Waals surface area contributed by atoms with Gasteiger partial charge in [0.2, 0.25) is 0 Å². The molecule has 1 aliphatic carbocycles. The number of fused-ring (bicyclic) bond motifs is 1. The summed E-state index contributed by atoms with van der Waals surface area (Å²) in [5, 5.41) is 1.17. The van der Waals surface area contributed by atoms with Crippen molar-refractivity contribution in [3.8, 4) is 0 Å². The first kappa shape index (κ1) is 18.4. The fourth-order valence-electron chi connectivity index (χ4n) is 4.06. The second kappa shape index (κ2) is 7.97. The summed E-state index contributed by atoms with van der Waals surface area (Å²) >= 11 is 1.73. The maximum Gasteiger partial charge on any atom is 0.309 e. The van der Waals surface area contributed by atoms with E-state index in [1.165, 1.54) is 15.8 Å². The molecule has 1 fully saturated rings. The van der Waals surface area contributed by atoms with E-state index in [0.717, 1.165) is 55.8 Å². The molecule has 0 amide bonds. The minimum absolute atomic E-state index is 0.0143. The standard InChI is InChI=1S/C21H27N3O2S/c1-14-15(2)27-20-18(14)19(22-13-23-20)24-10-8-17(9-11-24)21(25)26-12-16-6-4-3-5-7-16/h3-4,13,16-17H,5-12H2,1-2H3. The third-order valence-electron chi connectivity index (χ3n) is 5.91. The molecule has 5 nitrogen and oxygen atoms in total. The highest BCUT2D eigenvalue weighted by atomic mass is 32.1. The van der Waals surface area contributed by atoms with Crippen LogP contribution in [0.5, 0.6) is 0 Å². The van der Waals surface area contributed by atoms with Crippen molar-refractivity contribution in [3.05, 3.63) is 28.9 Å². The Balaban J connectivity index is 1.36. The Kier molecular flexibility index (Phi) is 5.43. The number of hydrogen-bond donors (Lipinski definition) is 0. The van der Waals surface area contributed by atoms with E-state index < -0.39 is 0 Å². The van der Waals surface area contributed by atoms with Crippen LogP contribution in [0, 0.1) is 25.7 Å². The van der Waals surface area contributed by atoms with Crippen LogP contribution < -0.4 is 4.90 Å². The molecule has 2 aromatic heterocycles. The Labute approximate surface area is 164 Å². The van der Waals surface area contributed by atoms with Crippen LogP contribution in [0.25, 0.3) is 10.2 Å². The van der Waals surface area contributed by atoms with Crippen molar-refractivity contribution in [1.29, 1.82) is 0 Å². The molecule has 1 atom stereocenters. The van der Waals surface area contributed by atoms with Gasteiger partial charge in [0.1, 0.15) is 17.0 Å². The maximum atomic E-state index is 12.5. The van der Waals surface area contributed by atoms with Crippen molar-refractivity contribution in [2.75, 3.05) is 24.6 Å². The van der Waals surface area contributed by atoms with Crippen molar-refractivity contribution in [1.82, 2.24) is 9.97 Å². The molecule has 0 radical (unpaired) electrons. The third kappa shape index (κ3) is 3.86. The van der Waals surface area contributed by atoms with E-state index in [9.17, 15) is 4.79 Å². The van der Waals surface area contributed by atoms with Crippen LogP contribution in [0.1, 0.15) is 42.5 Å². The summed E-state index contributed by atoms with van der Waals surface area (Å²) in [6, 6.07) is 0. The van der Waals surface area contributed by atoms with Crippen LogP contribution >= 0.6 is 11.3 Å². The number of aryl methyl sites for hydroxylation is 2. The number of carbonyl (C=O) groups is 1. The number of anilines is 1. The molecule has 6 heteroatoms. The quantitative estimate of drug-likeness (QED) is 0.576. The molecule has 1 aliphatic heterocycles. The number of hydrogen-bond acceptors (Lipinski definition) is 6. The van der Waals surface area contributed by atoms with Crippen LogP contribution in [-0.4, -0.2) is 35.6 Å². The molecule has 27 heavy (non-hydrogen) atoms. The lowest BCUT2D eigenvalue weighted by atomic mass is 9.94. The number of ether oxygens (including phenoxy) is 1. The molecule has 3 heterocycles. The predicted octanol–water partition coefficient (Wildman–Crippen LogP) is 4.42. The van der Waals surface area contributed by atoms with Gasteiger partial charge in [-0.1, -0.05) is 12.2 Å². The minimum Gasteiger partial charge on any atom is -0.465 e. The van der Waals surface area contributed by atoms with E-state index in [1.54, 1.807) is 17.7 Å². The average molecular weight is 386 g/mol. The van der Waals surface area contributed by atoms with Crippen LogP contribution in [0.4, 0.5) is 5.82 Å².